The van der Waals surface area contributed by atoms with Gasteiger partial charge in [-0.15, -0.1) is 11.3 Å². The smallest absolute Gasteiger partial charge is 0.226 e. The van der Waals surface area contributed by atoms with Crippen molar-refractivity contribution in [2.24, 2.45) is 5.92 Å². The SMILES string of the molecule is C[C@@H]1c2ccsc2CCN1C(=O)[C@@H]1CC=CCC1. The summed E-state index contributed by atoms with van der Waals surface area (Å²) in [7, 11) is 0. The number of fused-ring (bicyclic) bond motifs is 1. The van der Waals surface area contributed by atoms with Crippen LogP contribution in [0.5, 0.6) is 0 Å². The highest BCUT2D eigenvalue weighted by Crippen LogP contribution is 2.34. The standard InChI is InChI=1S/C15H19NOS/c1-11-13-8-10-18-14(13)7-9-16(11)15(17)12-5-3-2-4-6-12/h2-3,8,10-12H,4-7,9H2,1H3/t11-,12-/m1/s1. The Hall–Kier alpha value is -1.09. The average Bonchev–Trinajstić information content (AvgIpc) is 2.89. The van der Waals surface area contributed by atoms with Crippen molar-refractivity contribution in [3.8, 4) is 0 Å². The number of thiophene rings is 1. The number of nitrogens with zero attached hydrogens (tertiary/aromatic N) is 1. The van der Waals surface area contributed by atoms with Crippen LogP contribution < -0.4 is 0 Å². The molecule has 2 nitrogen and oxygen atoms in total. The minimum atomic E-state index is 0.220. The number of amides is 1. The van der Waals surface area contributed by atoms with E-state index in [2.05, 4.69) is 35.4 Å². The number of carbonyl (C=O) groups excluding carboxylic acids is 1. The summed E-state index contributed by atoms with van der Waals surface area (Å²) in [5.41, 5.74) is 1.37. The maximum Gasteiger partial charge on any atom is 0.226 e. The maximum absolute atomic E-state index is 12.6. The van der Waals surface area contributed by atoms with E-state index in [1.807, 2.05) is 11.3 Å². The zero-order chi connectivity index (χ0) is 12.5. The fourth-order valence-corrected chi connectivity index (χ4v) is 4.03. The molecule has 0 radical (unpaired) electrons. The molecule has 1 aliphatic heterocycles. The van der Waals surface area contributed by atoms with E-state index >= 15 is 0 Å². The van der Waals surface area contributed by atoms with Crippen molar-refractivity contribution in [2.45, 2.75) is 38.6 Å². The normalized spacial score (nSPS) is 27.1. The lowest BCUT2D eigenvalue weighted by atomic mass is 9.91. The van der Waals surface area contributed by atoms with Crippen LogP contribution in [0, 0.1) is 5.92 Å². The first-order valence-corrected chi connectivity index (χ1v) is 7.67. The lowest BCUT2D eigenvalue weighted by molar-refractivity contribution is -0.138. The van der Waals surface area contributed by atoms with Gasteiger partial charge in [-0.05, 0) is 49.6 Å². The monoisotopic (exact) mass is 261 g/mol. The lowest BCUT2D eigenvalue weighted by Crippen LogP contribution is -2.41. The minimum Gasteiger partial charge on any atom is -0.335 e. The van der Waals surface area contributed by atoms with Gasteiger partial charge in [-0.25, -0.2) is 0 Å². The molecule has 2 aliphatic rings. The van der Waals surface area contributed by atoms with Crippen molar-refractivity contribution in [2.75, 3.05) is 6.54 Å². The van der Waals surface area contributed by atoms with E-state index in [1.54, 1.807) is 0 Å². The van der Waals surface area contributed by atoms with Gasteiger partial charge in [0.15, 0.2) is 0 Å². The molecule has 1 aliphatic carbocycles. The second kappa shape index (κ2) is 4.88. The van der Waals surface area contributed by atoms with Crippen molar-refractivity contribution in [3.63, 3.8) is 0 Å². The van der Waals surface area contributed by atoms with E-state index in [0.29, 0.717) is 5.91 Å². The molecule has 0 N–H and O–H groups in total. The van der Waals surface area contributed by atoms with Gasteiger partial charge in [-0.1, -0.05) is 12.2 Å². The largest absolute Gasteiger partial charge is 0.335 e. The van der Waals surface area contributed by atoms with Gasteiger partial charge in [0.25, 0.3) is 0 Å². The molecule has 2 atom stereocenters. The topological polar surface area (TPSA) is 20.3 Å². The Morgan fingerprint density at radius 2 is 2.33 bits per heavy atom. The summed E-state index contributed by atoms with van der Waals surface area (Å²) in [4.78, 5) is 16.2. The maximum atomic E-state index is 12.6. The van der Waals surface area contributed by atoms with E-state index in [9.17, 15) is 4.79 Å². The van der Waals surface area contributed by atoms with Crippen molar-refractivity contribution < 1.29 is 4.79 Å². The Kier molecular flexibility index (Phi) is 3.25. The van der Waals surface area contributed by atoms with Gasteiger partial charge in [0, 0.05) is 17.3 Å². The van der Waals surface area contributed by atoms with Gasteiger partial charge in [-0.2, -0.15) is 0 Å². The third-order valence-electron chi connectivity index (χ3n) is 4.18. The highest BCUT2D eigenvalue weighted by atomic mass is 32.1. The molecule has 96 valence electrons. The number of rotatable bonds is 1. The highest BCUT2D eigenvalue weighted by Gasteiger charge is 2.32. The molecule has 0 aromatic carbocycles. The average molecular weight is 261 g/mol. The van der Waals surface area contributed by atoms with Crippen molar-refractivity contribution >= 4 is 17.2 Å². The fraction of sp³-hybridized carbons (Fsp3) is 0.533. The number of carbonyl (C=O) groups is 1. The predicted molar refractivity (Wildman–Crippen MR) is 74.6 cm³/mol. The summed E-state index contributed by atoms with van der Waals surface area (Å²) in [6.07, 6.45) is 8.40. The number of allylic oxidation sites excluding steroid dienone is 2. The van der Waals surface area contributed by atoms with E-state index in [1.165, 1.54) is 10.4 Å². The molecule has 0 bridgehead atoms. The van der Waals surface area contributed by atoms with E-state index < -0.39 is 0 Å². The minimum absolute atomic E-state index is 0.220. The first-order chi connectivity index (χ1) is 8.77. The van der Waals surface area contributed by atoms with Gasteiger partial charge in [-0.3, -0.25) is 4.79 Å². The Morgan fingerprint density at radius 3 is 3.11 bits per heavy atom. The molecule has 1 aromatic rings. The van der Waals surface area contributed by atoms with Crippen LogP contribution in [0.3, 0.4) is 0 Å². The van der Waals surface area contributed by atoms with Gasteiger partial charge < -0.3 is 4.90 Å². The molecule has 2 heterocycles. The molecule has 1 amide bonds. The van der Waals surface area contributed by atoms with Crippen LogP contribution in [0.2, 0.25) is 0 Å². The molecule has 0 unspecified atom stereocenters. The fourth-order valence-electron chi connectivity index (χ4n) is 3.06. The number of hydrogen-bond donors (Lipinski definition) is 0. The van der Waals surface area contributed by atoms with Crippen LogP contribution in [0.1, 0.15) is 42.7 Å². The third kappa shape index (κ3) is 2.01. The first kappa shape index (κ1) is 12.0. The second-order valence-electron chi connectivity index (χ2n) is 5.24. The van der Waals surface area contributed by atoms with E-state index in [0.717, 1.165) is 32.2 Å². The lowest BCUT2D eigenvalue weighted by Gasteiger charge is -2.36. The van der Waals surface area contributed by atoms with E-state index in [-0.39, 0.29) is 12.0 Å². The molecule has 1 aromatic heterocycles. The highest BCUT2D eigenvalue weighted by molar-refractivity contribution is 7.10. The predicted octanol–water partition coefficient (Wildman–Crippen LogP) is 3.55. The quantitative estimate of drug-likeness (QED) is 0.708. The Labute approximate surface area is 112 Å². The van der Waals surface area contributed by atoms with Gasteiger partial charge in [0.1, 0.15) is 0 Å². The van der Waals surface area contributed by atoms with Gasteiger partial charge >= 0.3 is 0 Å². The third-order valence-corrected chi connectivity index (χ3v) is 5.18. The van der Waals surface area contributed by atoms with Crippen molar-refractivity contribution in [3.05, 3.63) is 34.0 Å². The first-order valence-electron chi connectivity index (χ1n) is 6.79. The molecule has 0 spiro atoms. The Bertz CT molecular complexity index is 477. The van der Waals surface area contributed by atoms with Crippen LogP contribution in [0.25, 0.3) is 0 Å². The molecule has 3 rings (SSSR count). The van der Waals surface area contributed by atoms with Crippen LogP contribution in [0.4, 0.5) is 0 Å². The van der Waals surface area contributed by atoms with Crippen LogP contribution >= 0.6 is 11.3 Å². The van der Waals surface area contributed by atoms with E-state index in [4.69, 9.17) is 0 Å². The molecule has 0 fully saturated rings. The summed E-state index contributed by atoms with van der Waals surface area (Å²) in [5, 5.41) is 2.15. The Balaban J connectivity index is 1.77. The van der Waals surface area contributed by atoms with Crippen molar-refractivity contribution in [1.29, 1.82) is 0 Å². The zero-order valence-electron chi connectivity index (χ0n) is 10.8. The van der Waals surface area contributed by atoms with Crippen molar-refractivity contribution in [1.82, 2.24) is 4.90 Å². The van der Waals surface area contributed by atoms with Crippen LogP contribution in [0.15, 0.2) is 23.6 Å². The summed E-state index contributed by atoms with van der Waals surface area (Å²) in [6.45, 7) is 3.06. The molecule has 0 saturated heterocycles. The van der Waals surface area contributed by atoms with Gasteiger partial charge in [0.2, 0.25) is 5.91 Å². The summed E-state index contributed by atoms with van der Waals surface area (Å²) < 4.78 is 0. The summed E-state index contributed by atoms with van der Waals surface area (Å²) in [5.74, 6) is 0.585. The van der Waals surface area contributed by atoms with Crippen LogP contribution in [-0.4, -0.2) is 17.4 Å². The molecule has 0 saturated carbocycles. The number of hydrogen-bond acceptors (Lipinski definition) is 2. The zero-order valence-corrected chi connectivity index (χ0v) is 11.6. The molecule has 18 heavy (non-hydrogen) atoms. The molecular weight excluding hydrogens is 242 g/mol. The molecule has 3 heteroatoms. The Morgan fingerprint density at radius 1 is 1.44 bits per heavy atom. The summed E-state index contributed by atoms with van der Waals surface area (Å²) >= 11 is 1.83. The second-order valence-corrected chi connectivity index (χ2v) is 6.24. The molecular formula is C15H19NOS. The summed E-state index contributed by atoms with van der Waals surface area (Å²) in [6, 6.07) is 2.45. The van der Waals surface area contributed by atoms with Crippen LogP contribution in [-0.2, 0) is 11.2 Å². The van der Waals surface area contributed by atoms with Gasteiger partial charge in [0.05, 0.1) is 6.04 Å².